The molecule has 0 atom stereocenters. The quantitative estimate of drug-likeness (QED) is 0.589. The van der Waals surface area contributed by atoms with Crippen molar-refractivity contribution >= 4 is 33.5 Å². The predicted molar refractivity (Wildman–Crippen MR) is 81.3 cm³/mol. The summed E-state index contributed by atoms with van der Waals surface area (Å²) in [4.78, 5) is 20.5. The first-order chi connectivity index (χ1) is 9.62. The topological polar surface area (TPSA) is 92.9 Å². The van der Waals surface area contributed by atoms with Crippen LogP contribution in [0.5, 0.6) is 0 Å². The molecule has 0 fully saturated rings. The Hall–Kier alpha value is -1.99. The molecule has 0 saturated heterocycles. The molecule has 0 aliphatic rings. The van der Waals surface area contributed by atoms with Gasteiger partial charge in [0.1, 0.15) is 11.6 Å². The molecule has 7 heteroatoms. The van der Waals surface area contributed by atoms with Crippen molar-refractivity contribution in [3.8, 4) is 0 Å². The van der Waals surface area contributed by atoms with E-state index in [0.29, 0.717) is 23.6 Å². The smallest absolute Gasteiger partial charge is 0.257 e. The van der Waals surface area contributed by atoms with E-state index in [9.17, 15) is 4.79 Å². The number of carbonyl (C=O) groups excluding carboxylic acids is 1. The average molecular weight is 336 g/mol. The van der Waals surface area contributed by atoms with Gasteiger partial charge in [0, 0.05) is 21.9 Å². The van der Waals surface area contributed by atoms with E-state index in [1.165, 1.54) is 0 Å². The molecule has 6 nitrogen and oxygen atoms in total. The van der Waals surface area contributed by atoms with Gasteiger partial charge in [0.05, 0.1) is 0 Å². The summed E-state index contributed by atoms with van der Waals surface area (Å²) in [5.41, 5.74) is 3.72. The summed E-state index contributed by atoms with van der Waals surface area (Å²) in [6, 6.07) is 6.84. The normalized spacial score (nSPS) is 10.2. The largest absolute Gasteiger partial charge is 0.308 e. The number of amides is 1. The summed E-state index contributed by atoms with van der Waals surface area (Å²) >= 11 is 3.29. The van der Waals surface area contributed by atoms with Crippen LogP contribution in [-0.4, -0.2) is 15.9 Å². The Bertz CT molecular complexity index is 592. The van der Waals surface area contributed by atoms with E-state index in [1.54, 1.807) is 30.5 Å². The lowest BCUT2D eigenvalue weighted by Crippen LogP contribution is -2.16. The van der Waals surface area contributed by atoms with Crippen molar-refractivity contribution in [2.75, 3.05) is 10.7 Å². The first kappa shape index (κ1) is 14.4. The second kappa shape index (κ2) is 6.44. The number of hydrazine groups is 1. The Morgan fingerprint density at radius 3 is 2.75 bits per heavy atom. The van der Waals surface area contributed by atoms with Gasteiger partial charge in [-0.1, -0.05) is 6.92 Å². The van der Waals surface area contributed by atoms with Gasteiger partial charge >= 0.3 is 0 Å². The fourth-order valence-corrected chi connectivity index (χ4v) is 1.85. The molecule has 0 spiro atoms. The highest BCUT2D eigenvalue weighted by molar-refractivity contribution is 9.10. The molecule has 0 aliphatic carbocycles. The third-order valence-corrected chi connectivity index (χ3v) is 3.09. The van der Waals surface area contributed by atoms with Crippen molar-refractivity contribution in [2.24, 2.45) is 5.84 Å². The number of anilines is 2. The van der Waals surface area contributed by atoms with Crippen molar-refractivity contribution in [3.63, 3.8) is 0 Å². The molecule has 1 amide bonds. The Morgan fingerprint density at radius 1 is 1.35 bits per heavy atom. The zero-order valence-electron chi connectivity index (χ0n) is 10.9. The maximum atomic E-state index is 12.2. The van der Waals surface area contributed by atoms with E-state index < -0.39 is 0 Å². The number of halogens is 1. The Morgan fingerprint density at radius 2 is 2.15 bits per heavy atom. The first-order valence-corrected chi connectivity index (χ1v) is 6.82. The van der Waals surface area contributed by atoms with Gasteiger partial charge in [0.15, 0.2) is 0 Å². The molecule has 0 unspecified atom stereocenters. The number of nitrogen functional groups attached to an aromatic ring is 1. The summed E-state index contributed by atoms with van der Waals surface area (Å²) in [5.74, 6) is 6.03. The molecule has 104 valence electrons. The van der Waals surface area contributed by atoms with Crippen LogP contribution in [0.3, 0.4) is 0 Å². The van der Waals surface area contributed by atoms with Crippen LogP contribution in [0.4, 0.5) is 11.6 Å². The van der Waals surface area contributed by atoms with Crippen molar-refractivity contribution in [1.82, 2.24) is 9.97 Å². The molecule has 0 bridgehead atoms. The fourth-order valence-electron chi connectivity index (χ4n) is 1.61. The summed E-state index contributed by atoms with van der Waals surface area (Å²) in [6.07, 6.45) is 2.33. The van der Waals surface area contributed by atoms with Crippen LogP contribution in [0, 0.1) is 0 Å². The van der Waals surface area contributed by atoms with Crippen LogP contribution in [0.2, 0.25) is 0 Å². The van der Waals surface area contributed by atoms with E-state index in [-0.39, 0.29) is 5.91 Å². The summed E-state index contributed by atoms with van der Waals surface area (Å²) in [6.45, 7) is 1.96. The summed E-state index contributed by atoms with van der Waals surface area (Å²) in [7, 11) is 0. The van der Waals surface area contributed by atoms with Gasteiger partial charge in [0.25, 0.3) is 5.91 Å². The number of rotatable bonds is 4. The lowest BCUT2D eigenvalue weighted by molar-refractivity contribution is 0.102. The molecule has 2 heterocycles. The van der Waals surface area contributed by atoms with Crippen molar-refractivity contribution < 1.29 is 4.79 Å². The number of hydrogen-bond acceptors (Lipinski definition) is 5. The zero-order chi connectivity index (χ0) is 14.5. The second-order valence-electron chi connectivity index (χ2n) is 4.05. The molecule has 0 aliphatic heterocycles. The van der Waals surface area contributed by atoms with Crippen LogP contribution in [0.25, 0.3) is 0 Å². The van der Waals surface area contributed by atoms with Crippen molar-refractivity contribution in [1.29, 1.82) is 0 Å². The van der Waals surface area contributed by atoms with Gasteiger partial charge in [0.2, 0.25) is 0 Å². The number of aromatic nitrogens is 2. The number of nitrogens with zero attached hydrogens (tertiary/aromatic N) is 2. The maximum absolute atomic E-state index is 12.2. The minimum atomic E-state index is -0.256. The molecule has 4 N–H and O–H groups in total. The molecular formula is C13H14BrN5O. The SMILES string of the molecule is CCc1cc(C(=O)Nc2ccc(Br)cn2)cc(NN)n1. The predicted octanol–water partition coefficient (Wildman–Crippen LogP) is 2.34. The fraction of sp³-hybridized carbons (Fsp3) is 0.154. The van der Waals surface area contributed by atoms with E-state index >= 15 is 0 Å². The van der Waals surface area contributed by atoms with Gasteiger partial charge in [-0.2, -0.15) is 0 Å². The third-order valence-electron chi connectivity index (χ3n) is 2.62. The highest BCUT2D eigenvalue weighted by atomic mass is 79.9. The Kier molecular flexibility index (Phi) is 4.65. The van der Waals surface area contributed by atoms with E-state index in [2.05, 4.69) is 36.6 Å². The van der Waals surface area contributed by atoms with Crippen LogP contribution in [0.1, 0.15) is 23.0 Å². The van der Waals surface area contributed by atoms with Crippen molar-refractivity contribution in [2.45, 2.75) is 13.3 Å². The number of hydrogen-bond donors (Lipinski definition) is 3. The van der Waals surface area contributed by atoms with Gasteiger partial charge in [-0.15, -0.1) is 0 Å². The Labute approximate surface area is 124 Å². The van der Waals surface area contributed by atoms with E-state index in [1.807, 2.05) is 6.92 Å². The number of aryl methyl sites for hydroxylation is 1. The molecule has 0 radical (unpaired) electrons. The minimum Gasteiger partial charge on any atom is -0.308 e. The van der Waals surface area contributed by atoms with Crippen molar-refractivity contribution in [3.05, 3.63) is 46.2 Å². The monoisotopic (exact) mass is 335 g/mol. The summed E-state index contributed by atoms with van der Waals surface area (Å²) < 4.78 is 0.849. The van der Waals surface area contributed by atoms with Gasteiger partial charge in [-0.3, -0.25) is 4.79 Å². The molecule has 20 heavy (non-hydrogen) atoms. The number of pyridine rings is 2. The van der Waals surface area contributed by atoms with E-state index in [4.69, 9.17) is 5.84 Å². The van der Waals surface area contributed by atoms with Crippen LogP contribution in [0.15, 0.2) is 34.9 Å². The highest BCUT2D eigenvalue weighted by Gasteiger charge is 2.10. The van der Waals surface area contributed by atoms with Crippen LogP contribution in [-0.2, 0) is 6.42 Å². The summed E-state index contributed by atoms with van der Waals surface area (Å²) in [5, 5.41) is 2.72. The third kappa shape index (κ3) is 3.52. The van der Waals surface area contributed by atoms with E-state index in [0.717, 1.165) is 10.2 Å². The molecule has 2 aromatic rings. The lowest BCUT2D eigenvalue weighted by atomic mass is 10.2. The molecule has 0 saturated carbocycles. The number of nitrogens with two attached hydrogens (primary N) is 1. The number of carbonyl (C=O) groups is 1. The minimum absolute atomic E-state index is 0.256. The van der Waals surface area contributed by atoms with Gasteiger partial charge < -0.3 is 10.7 Å². The average Bonchev–Trinajstić information content (AvgIpc) is 2.48. The van der Waals surface area contributed by atoms with Gasteiger partial charge in [-0.25, -0.2) is 15.8 Å². The maximum Gasteiger partial charge on any atom is 0.257 e. The Balaban J connectivity index is 2.22. The molecule has 0 aromatic carbocycles. The lowest BCUT2D eigenvalue weighted by Gasteiger charge is -2.08. The second-order valence-corrected chi connectivity index (χ2v) is 4.96. The van der Waals surface area contributed by atoms with Crippen LogP contribution >= 0.6 is 15.9 Å². The van der Waals surface area contributed by atoms with Gasteiger partial charge in [-0.05, 0) is 46.6 Å². The first-order valence-electron chi connectivity index (χ1n) is 6.03. The standard InChI is InChI=1S/C13H14BrN5O/c1-2-10-5-8(6-12(17-10)19-15)13(20)18-11-4-3-9(14)7-16-11/h3-7H,2,15H2,1H3,(H,17,19)(H,16,18,20). The zero-order valence-corrected chi connectivity index (χ0v) is 12.4. The highest BCUT2D eigenvalue weighted by Crippen LogP contribution is 2.14. The number of nitrogens with one attached hydrogen (secondary N) is 2. The molecule has 2 rings (SSSR count). The van der Waals surface area contributed by atoms with Crippen LogP contribution < -0.4 is 16.6 Å². The molecular weight excluding hydrogens is 322 g/mol. The molecule has 2 aromatic heterocycles.